The standard InChI is InChI=1S/C22H14O/c1-2-7-15-14(6-1)12-13-17-19-10-5-11-20-22(19,23-20)18-9-4-3-8-16(18)21(15)17/h1-13,20H/t20-,22+/m0/s1. The van der Waals surface area contributed by atoms with E-state index in [1.165, 1.54) is 38.6 Å². The highest BCUT2D eigenvalue weighted by molar-refractivity contribution is 6.07. The summed E-state index contributed by atoms with van der Waals surface area (Å²) in [7, 11) is 0. The Hall–Kier alpha value is -2.64. The van der Waals surface area contributed by atoms with Gasteiger partial charge in [0.05, 0.1) is 0 Å². The van der Waals surface area contributed by atoms with Crippen LogP contribution < -0.4 is 0 Å². The van der Waals surface area contributed by atoms with Gasteiger partial charge < -0.3 is 4.74 Å². The molecule has 1 heterocycles. The van der Waals surface area contributed by atoms with Crippen LogP contribution in [-0.2, 0) is 10.3 Å². The summed E-state index contributed by atoms with van der Waals surface area (Å²) in [4.78, 5) is 0. The average molecular weight is 294 g/mol. The molecule has 0 saturated carbocycles. The number of hydrogen-bond acceptors (Lipinski definition) is 1. The fraction of sp³-hybridized carbons (Fsp3) is 0.0909. The molecule has 3 aromatic rings. The van der Waals surface area contributed by atoms with E-state index in [4.69, 9.17) is 4.74 Å². The SMILES string of the molecule is C1=C[C@@H]2O[C@]23C(=C1)c1ccc2ccccc2c1-c1ccccc13. The molecule has 0 amide bonds. The van der Waals surface area contributed by atoms with Crippen molar-refractivity contribution in [3.8, 4) is 11.1 Å². The number of fused-ring (bicyclic) bond motifs is 6. The van der Waals surface area contributed by atoms with Crippen molar-refractivity contribution in [2.45, 2.75) is 11.7 Å². The van der Waals surface area contributed by atoms with Crippen molar-refractivity contribution in [1.82, 2.24) is 0 Å². The molecule has 0 unspecified atom stereocenters. The Kier molecular flexibility index (Phi) is 1.97. The molecular weight excluding hydrogens is 280 g/mol. The van der Waals surface area contributed by atoms with Crippen LogP contribution in [0.3, 0.4) is 0 Å². The molecule has 108 valence electrons. The molecule has 1 spiro atoms. The lowest BCUT2D eigenvalue weighted by molar-refractivity contribution is 0.352. The number of benzene rings is 3. The summed E-state index contributed by atoms with van der Waals surface area (Å²) < 4.78 is 6.21. The molecule has 2 atom stereocenters. The molecule has 3 aromatic carbocycles. The average Bonchev–Trinajstić information content (AvgIpc) is 3.36. The molecule has 6 rings (SSSR count). The van der Waals surface area contributed by atoms with Gasteiger partial charge in [-0.05, 0) is 38.6 Å². The molecule has 0 N–H and O–H groups in total. The van der Waals surface area contributed by atoms with Crippen LogP contribution in [0, 0.1) is 0 Å². The number of ether oxygens (including phenoxy) is 1. The molecule has 0 radical (unpaired) electrons. The van der Waals surface area contributed by atoms with Crippen LogP contribution in [0.5, 0.6) is 0 Å². The molecule has 1 nitrogen and oxygen atoms in total. The van der Waals surface area contributed by atoms with Crippen LogP contribution in [0.25, 0.3) is 27.5 Å². The number of epoxide rings is 1. The first-order valence-electron chi connectivity index (χ1n) is 8.08. The minimum absolute atomic E-state index is 0.184. The quantitative estimate of drug-likeness (QED) is 0.527. The van der Waals surface area contributed by atoms with E-state index in [1.807, 2.05) is 0 Å². The van der Waals surface area contributed by atoms with E-state index in [1.54, 1.807) is 0 Å². The number of hydrogen-bond donors (Lipinski definition) is 0. The van der Waals surface area contributed by atoms with E-state index in [-0.39, 0.29) is 11.7 Å². The van der Waals surface area contributed by atoms with Gasteiger partial charge in [-0.15, -0.1) is 0 Å². The van der Waals surface area contributed by atoms with Gasteiger partial charge in [0.1, 0.15) is 11.7 Å². The van der Waals surface area contributed by atoms with Gasteiger partial charge >= 0.3 is 0 Å². The van der Waals surface area contributed by atoms with Gasteiger partial charge in [0.2, 0.25) is 0 Å². The van der Waals surface area contributed by atoms with Gasteiger partial charge in [-0.2, -0.15) is 0 Å². The second kappa shape index (κ2) is 3.81. The maximum atomic E-state index is 6.21. The third kappa shape index (κ3) is 1.29. The maximum absolute atomic E-state index is 6.21. The van der Waals surface area contributed by atoms with Crippen LogP contribution in [0.2, 0.25) is 0 Å². The van der Waals surface area contributed by atoms with E-state index >= 15 is 0 Å². The van der Waals surface area contributed by atoms with Crippen LogP contribution in [-0.4, -0.2) is 6.10 Å². The summed E-state index contributed by atoms with van der Waals surface area (Å²) >= 11 is 0. The second-order valence-corrected chi connectivity index (χ2v) is 6.49. The molecule has 2 aliphatic carbocycles. The Morgan fingerprint density at radius 2 is 1.70 bits per heavy atom. The van der Waals surface area contributed by atoms with Gasteiger partial charge in [-0.3, -0.25) is 0 Å². The van der Waals surface area contributed by atoms with Gasteiger partial charge in [0.25, 0.3) is 0 Å². The first-order valence-corrected chi connectivity index (χ1v) is 8.08. The summed E-state index contributed by atoms with van der Waals surface area (Å²) in [5.41, 5.74) is 6.35. The van der Waals surface area contributed by atoms with E-state index < -0.39 is 0 Å². The summed E-state index contributed by atoms with van der Waals surface area (Å²) in [5.74, 6) is 0. The summed E-state index contributed by atoms with van der Waals surface area (Å²) in [6.45, 7) is 0. The topological polar surface area (TPSA) is 12.5 Å². The van der Waals surface area contributed by atoms with Crippen molar-refractivity contribution >= 4 is 16.3 Å². The second-order valence-electron chi connectivity index (χ2n) is 6.49. The Morgan fingerprint density at radius 1 is 0.826 bits per heavy atom. The zero-order valence-electron chi connectivity index (χ0n) is 12.5. The van der Waals surface area contributed by atoms with Gasteiger partial charge in [-0.1, -0.05) is 78.9 Å². The van der Waals surface area contributed by atoms with Crippen LogP contribution in [0.4, 0.5) is 0 Å². The van der Waals surface area contributed by atoms with Crippen molar-refractivity contribution in [3.05, 3.63) is 90.0 Å². The first-order chi connectivity index (χ1) is 11.4. The van der Waals surface area contributed by atoms with Crippen molar-refractivity contribution in [2.24, 2.45) is 0 Å². The lowest BCUT2D eigenvalue weighted by Gasteiger charge is -2.30. The Morgan fingerprint density at radius 3 is 2.70 bits per heavy atom. The highest BCUT2D eigenvalue weighted by atomic mass is 16.6. The molecular formula is C22H14O. The number of allylic oxidation sites excluding steroid dienone is 2. The van der Waals surface area contributed by atoms with E-state index in [0.717, 1.165) is 0 Å². The van der Waals surface area contributed by atoms with Gasteiger partial charge in [-0.25, -0.2) is 0 Å². The molecule has 0 aromatic heterocycles. The van der Waals surface area contributed by atoms with Crippen molar-refractivity contribution < 1.29 is 4.74 Å². The molecule has 1 fully saturated rings. The largest absolute Gasteiger partial charge is 0.351 e. The van der Waals surface area contributed by atoms with Crippen molar-refractivity contribution in [1.29, 1.82) is 0 Å². The zero-order valence-corrected chi connectivity index (χ0v) is 12.5. The third-order valence-corrected chi connectivity index (χ3v) is 5.42. The molecule has 1 aliphatic heterocycles. The zero-order chi connectivity index (χ0) is 15.0. The van der Waals surface area contributed by atoms with Crippen molar-refractivity contribution in [2.75, 3.05) is 0 Å². The maximum Gasteiger partial charge on any atom is 0.150 e. The smallest absolute Gasteiger partial charge is 0.150 e. The highest BCUT2D eigenvalue weighted by Crippen LogP contribution is 2.63. The monoisotopic (exact) mass is 294 g/mol. The highest BCUT2D eigenvalue weighted by Gasteiger charge is 2.62. The van der Waals surface area contributed by atoms with E-state index in [2.05, 4.69) is 78.9 Å². The van der Waals surface area contributed by atoms with Crippen LogP contribution in [0.15, 0.2) is 78.9 Å². The van der Waals surface area contributed by atoms with E-state index in [9.17, 15) is 0 Å². The minimum Gasteiger partial charge on any atom is -0.351 e. The Bertz CT molecular complexity index is 1060. The predicted molar refractivity (Wildman–Crippen MR) is 93.1 cm³/mol. The molecule has 1 saturated heterocycles. The van der Waals surface area contributed by atoms with E-state index in [0.29, 0.717) is 0 Å². The van der Waals surface area contributed by atoms with Crippen molar-refractivity contribution in [3.63, 3.8) is 0 Å². The third-order valence-electron chi connectivity index (χ3n) is 5.42. The molecule has 0 bridgehead atoms. The minimum atomic E-state index is -0.249. The first kappa shape index (κ1) is 11.9. The fourth-order valence-corrected chi connectivity index (χ4v) is 4.40. The lowest BCUT2D eigenvalue weighted by atomic mass is 9.71. The number of rotatable bonds is 0. The Balaban J connectivity index is 1.83. The summed E-state index contributed by atoms with van der Waals surface area (Å²) in [5, 5.41) is 2.61. The van der Waals surface area contributed by atoms with Gasteiger partial charge in [0, 0.05) is 0 Å². The van der Waals surface area contributed by atoms with Crippen LogP contribution >= 0.6 is 0 Å². The lowest BCUT2D eigenvalue weighted by Crippen LogP contribution is -2.22. The normalized spacial score (nSPS) is 25.9. The molecule has 3 aliphatic rings. The predicted octanol–water partition coefficient (Wildman–Crippen LogP) is 5.07. The summed E-state index contributed by atoms with van der Waals surface area (Å²) in [6, 6.07) is 21.9. The molecule has 1 heteroatoms. The van der Waals surface area contributed by atoms with Crippen LogP contribution in [0.1, 0.15) is 11.1 Å². The fourth-order valence-electron chi connectivity index (χ4n) is 4.40. The molecule has 23 heavy (non-hydrogen) atoms. The summed E-state index contributed by atoms with van der Waals surface area (Å²) in [6.07, 6.45) is 6.72. The Labute approximate surface area is 134 Å². The van der Waals surface area contributed by atoms with Gasteiger partial charge in [0.15, 0.2) is 0 Å².